The summed E-state index contributed by atoms with van der Waals surface area (Å²) in [5, 5.41) is 0. The second-order valence-electron chi connectivity index (χ2n) is 6.18. The topological polar surface area (TPSA) is 32.5 Å². The van der Waals surface area contributed by atoms with E-state index in [2.05, 4.69) is 44.5 Å². The molecule has 2 atom stereocenters. The third-order valence-electron chi connectivity index (χ3n) is 3.73. The zero-order chi connectivity index (χ0) is 12.3. The first kappa shape index (κ1) is 13.9. The molecule has 0 bridgehead atoms. The van der Waals surface area contributed by atoms with Crippen molar-refractivity contribution in [2.75, 3.05) is 33.2 Å². The Balaban J connectivity index is 2.83. The third-order valence-corrected chi connectivity index (χ3v) is 3.73. The maximum absolute atomic E-state index is 5.94. The predicted molar refractivity (Wildman–Crippen MR) is 70.6 cm³/mol. The van der Waals surface area contributed by atoms with Crippen molar-refractivity contribution >= 4 is 0 Å². The second kappa shape index (κ2) is 5.48. The van der Waals surface area contributed by atoms with Gasteiger partial charge < -0.3 is 10.6 Å². The van der Waals surface area contributed by atoms with Crippen LogP contribution in [0.1, 0.15) is 34.1 Å². The fraction of sp³-hybridized carbons (Fsp3) is 1.00. The highest BCUT2D eigenvalue weighted by atomic mass is 15.3. The Kier molecular flexibility index (Phi) is 4.77. The van der Waals surface area contributed by atoms with Gasteiger partial charge in [-0.1, -0.05) is 20.8 Å². The molecule has 2 N–H and O–H groups in total. The normalized spacial score (nSPS) is 30.0. The summed E-state index contributed by atoms with van der Waals surface area (Å²) in [6.07, 6.45) is 1.20. The molecule has 3 nitrogen and oxygen atoms in total. The minimum Gasteiger partial charge on any atom is -0.329 e. The number of hydrogen-bond donors (Lipinski definition) is 1. The molecule has 1 aliphatic rings. The van der Waals surface area contributed by atoms with Crippen LogP contribution >= 0.6 is 0 Å². The van der Waals surface area contributed by atoms with Crippen LogP contribution in [0.4, 0.5) is 0 Å². The van der Waals surface area contributed by atoms with Gasteiger partial charge in [-0.05, 0) is 25.8 Å². The van der Waals surface area contributed by atoms with Crippen molar-refractivity contribution in [2.45, 2.75) is 46.2 Å². The molecule has 0 saturated carbocycles. The van der Waals surface area contributed by atoms with Gasteiger partial charge in [-0.15, -0.1) is 0 Å². The predicted octanol–water partition coefficient (Wildman–Crippen LogP) is 1.39. The summed E-state index contributed by atoms with van der Waals surface area (Å²) in [4.78, 5) is 5.05. The van der Waals surface area contributed by atoms with E-state index in [9.17, 15) is 0 Å². The van der Waals surface area contributed by atoms with Gasteiger partial charge >= 0.3 is 0 Å². The van der Waals surface area contributed by atoms with Crippen LogP contribution in [-0.4, -0.2) is 55.1 Å². The molecule has 1 fully saturated rings. The Hall–Kier alpha value is -0.120. The molecule has 0 radical (unpaired) electrons. The SMILES string of the molecule is CCC(C)N1CC(C)(C)CN(C)CC1CN. The van der Waals surface area contributed by atoms with Crippen LogP contribution in [0.5, 0.6) is 0 Å². The summed E-state index contributed by atoms with van der Waals surface area (Å²) in [5.74, 6) is 0. The maximum atomic E-state index is 5.94. The Morgan fingerprint density at radius 2 is 2.00 bits per heavy atom. The molecular formula is C13H29N3. The fourth-order valence-corrected chi connectivity index (χ4v) is 2.89. The van der Waals surface area contributed by atoms with Crippen molar-refractivity contribution in [3.05, 3.63) is 0 Å². The molecule has 0 aromatic heterocycles. The standard InChI is InChI=1S/C13H29N3/c1-6-11(2)16-10-13(3,4)9-15(5)8-12(16)7-14/h11-12H,6-10,14H2,1-5H3. The first-order valence-electron chi connectivity index (χ1n) is 6.54. The number of likely N-dealkylation sites (N-methyl/N-ethyl adjacent to an activating group) is 1. The smallest absolute Gasteiger partial charge is 0.0348 e. The van der Waals surface area contributed by atoms with Gasteiger partial charge in [0.05, 0.1) is 0 Å². The van der Waals surface area contributed by atoms with Gasteiger partial charge in [0.15, 0.2) is 0 Å². The molecule has 1 rings (SSSR count). The maximum Gasteiger partial charge on any atom is 0.0348 e. The van der Waals surface area contributed by atoms with Gasteiger partial charge in [0, 0.05) is 38.3 Å². The molecule has 0 aliphatic carbocycles. The highest BCUT2D eigenvalue weighted by Crippen LogP contribution is 2.25. The molecule has 1 heterocycles. The number of nitrogens with zero attached hydrogens (tertiary/aromatic N) is 2. The molecule has 0 spiro atoms. The Morgan fingerprint density at radius 1 is 1.38 bits per heavy atom. The molecule has 16 heavy (non-hydrogen) atoms. The van der Waals surface area contributed by atoms with Crippen molar-refractivity contribution in [1.82, 2.24) is 9.80 Å². The van der Waals surface area contributed by atoms with Crippen LogP contribution in [0, 0.1) is 5.41 Å². The van der Waals surface area contributed by atoms with E-state index in [1.165, 1.54) is 6.42 Å². The molecule has 2 unspecified atom stereocenters. The van der Waals surface area contributed by atoms with Crippen LogP contribution in [-0.2, 0) is 0 Å². The van der Waals surface area contributed by atoms with Crippen LogP contribution in [0.15, 0.2) is 0 Å². The van der Waals surface area contributed by atoms with Crippen LogP contribution in [0.25, 0.3) is 0 Å². The highest BCUT2D eigenvalue weighted by Gasteiger charge is 2.33. The van der Waals surface area contributed by atoms with Crippen LogP contribution < -0.4 is 5.73 Å². The second-order valence-corrected chi connectivity index (χ2v) is 6.18. The molecule has 0 amide bonds. The lowest BCUT2D eigenvalue weighted by Gasteiger charge is -2.37. The lowest BCUT2D eigenvalue weighted by Crippen LogP contribution is -2.50. The molecule has 96 valence electrons. The zero-order valence-electron chi connectivity index (χ0n) is 11.7. The monoisotopic (exact) mass is 227 g/mol. The summed E-state index contributed by atoms with van der Waals surface area (Å²) in [6, 6.07) is 1.15. The quantitative estimate of drug-likeness (QED) is 0.791. The van der Waals surface area contributed by atoms with E-state index in [0.717, 1.165) is 26.2 Å². The molecular weight excluding hydrogens is 198 g/mol. The first-order chi connectivity index (χ1) is 7.39. The van der Waals surface area contributed by atoms with Crippen LogP contribution in [0.2, 0.25) is 0 Å². The van der Waals surface area contributed by atoms with Gasteiger partial charge in [0.1, 0.15) is 0 Å². The molecule has 3 heteroatoms. The minimum atomic E-state index is 0.363. The number of hydrogen-bond acceptors (Lipinski definition) is 3. The molecule has 0 aromatic carbocycles. The summed E-state index contributed by atoms with van der Waals surface area (Å²) in [6.45, 7) is 13.5. The highest BCUT2D eigenvalue weighted by molar-refractivity contribution is 4.89. The average Bonchev–Trinajstić information content (AvgIpc) is 2.32. The minimum absolute atomic E-state index is 0.363. The molecule has 1 aliphatic heterocycles. The van der Waals surface area contributed by atoms with Gasteiger partial charge in [-0.25, -0.2) is 0 Å². The third kappa shape index (κ3) is 3.44. The van der Waals surface area contributed by atoms with Gasteiger partial charge in [-0.2, -0.15) is 0 Å². The Bertz CT molecular complexity index is 215. The van der Waals surface area contributed by atoms with Gasteiger partial charge in [0.25, 0.3) is 0 Å². The van der Waals surface area contributed by atoms with Gasteiger partial charge in [-0.3, -0.25) is 4.90 Å². The average molecular weight is 227 g/mol. The summed E-state index contributed by atoms with van der Waals surface area (Å²) < 4.78 is 0. The van der Waals surface area contributed by atoms with E-state index < -0.39 is 0 Å². The number of nitrogens with two attached hydrogens (primary N) is 1. The van der Waals surface area contributed by atoms with Crippen molar-refractivity contribution in [3.8, 4) is 0 Å². The van der Waals surface area contributed by atoms with Crippen molar-refractivity contribution in [2.24, 2.45) is 11.1 Å². The van der Waals surface area contributed by atoms with E-state index >= 15 is 0 Å². The van der Waals surface area contributed by atoms with Crippen LogP contribution in [0.3, 0.4) is 0 Å². The fourth-order valence-electron chi connectivity index (χ4n) is 2.89. The van der Waals surface area contributed by atoms with Crippen molar-refractivity contribution in [3.63, 3.8) is 0 Å². The van der Waals surface area contributed by atoms with Crippen molar-refractivity contribution in [1.29, 1.82) is 0 Å². The van der Waals surface area contributed by atoms with Gasteiger partial charge in [0.2, 0.25) is 0 Å². The Labute approximate surface area is 101 Å². The van der Waals surface area contributed by atoms with Crippen molar-refractivity contribution < 1.29 is 0 Å². The molecule has 1 saturated heterocycles. The number of rotatable bonds is 3. The lowest BCUT2D eigenvalue weighted by atomic mass is 9.92. The van der Waals surface area contributed by atoms with E-state index in [-0.39, 0.29) is 0 Å². The zero-order valence-corrected chi connectivity index (χ0v) is 11.7. The first-order valence-corrected chi connectivity index (χ1v) is 6.54. The summed E-state index contributed by atoms with van der Waals surface area (Å²) >= 11 is 0. The van der Waals surface area contributed by atoms with E-state index in [0.29, 0.717) is 17.5 Å². The van der Waals surface area contributed by atoms with E-state index in [1.807, 2.05) is 0 Å². The summed E-state index contributed by atoms with van der Waals surface area (Å²) in [5.41, 5.74) is 6.30. The summed E-state index contributed by atoms with van der Waals surface area (Å²) in [7, 11) is 2.21. The Morgan fingerprint density at radius 3 is 2.50 bits per heavy atom. The lowest BCUT2D eigenvalue weighted by molar-refractivity contribution is 0.113. The van der Waals surface area contributed by atoms with E-state index in [1.54, 1.807) is 0 Å². The molecule has 0 aromatic rings. The van der Waals surface area contributed by atoms with E-state index in [4.69, 9.17) is 5.73 Å². The largest absolute Gasteiger partial charge is 0.329 e.